The molecule has 0 bridgehead atoms. The van der Waals surface area contributed by atoms with E-state index in [1.165, 1.54) is 6.26 Å². The Balaban J connectivity index is 1.50. The minimum Gasteiger partial charge on any atom is -0.459 e. The van der Waals surface area contributed by atoms with E-state index in [2.05, 4.69) is 10.2 Å². The lowest BCUT2D eigenvalue weighted by Gasteiger charge is -2.38. The van der Waals surface area contributed by atoms with Gasteiger partial charge in [-0.15, -0.1) is 0 Å². The third-order valence-corrected chi connectivity index (χ3v) is 5.91. The van der Waals surface area contributed by atoms with Crippen molar-refractivity contribution < 1.29 is 14.0 Å². The average Bonchev–Trinajstić information content (AvgIpc) is 3.32. The van der Waals surface area contributed by atoms with E-state index in [9.17, 15) is 9.59 Å². The van der Waals surface area contributed by atoms with Gasteiger partial charge in [0.05, 0.1) is 6.26 Å². The van der Waals surface area contributed by atoms with Crippen molar-refractivity contribution in [3.05, 3.63) is 88.8 Å². The van der Waals surface area contributed by atoms with Gasteiger partial charge in [-0.05, 0) is 42.3 Å². The maximum Gasteiger partial charge on any atom is 0.289 e. The Hall–Kier alpha value is -3.09. The molecular weight excluding hydrogens is 414 g/mol. The van der Waals surface area contributed by atoms with Crippen LogP contribution in [-0.2, 0) is 4.79 Å². The Labute approximate surface area is 186 Å². The van der Waals surface area contributed by atoms with Crippen molar-refractivity contribution in [1.29, 1.82) is 0 Å². The fourth-order valence-corrected chi connectivity index (χ4v) is 3.96. The second-order valence-corrected chi connectivity index (χ2v) is 7.98. The number of carbonyl (C=O) groups is 2. The van der Waals surface area contributed by atoms with Gasteiger partial charge in [-0.2, -0.15) is 0 Å². The number of nitrogens with one attached hydrogen (secondary N) is 1. The molecule has 0 unspecified atom stereocenters. The van der Waals surface area contributed by atoms with Gasteiger partial charge in [0.15, 0.2) is 5.76 Å². The van der Waals surface area contributed by atoms with E-state index in [4.69, 9.17) is 16.0 Å². The number of anilines is 1. The summed E-state index contributed by atoms with van der Waals surface area (Å²) in [4.78, 5) is 29.7. The first-order valence-corrected chi connectivity index (χ1v) is 10.6. The van der Waals surface area contributed by atoms with Crippen LogP contribution in [-0.4, -0.2) is 47.8 Å². The topological polar surface area (TPSA) is 65.8 Å². The van der Waals surface area contributed by atoms with E-state index in [0.717, 1.165) is 11.1 Å². The molecule has 31 heavy (non-hydrogen) atoms. The number of piperazine rings is 1. The molecule has 3 aromatic rings. The number of carbonyl (C=O) groups excluding carboxylic acids is 2. The monoisotopic (exact) mass is 437 g/mol. The molecule has 1 N–H and O–H groups in total. The van der Waals surface area contributed by atoms with Gasteiger partial charge in [0.2, 0.25) is 5.91 Å². The lowest BCUT2D eigenvalue weighted by molar-refractivity contribution is -0.122. The molecule has 6 nitrogen and oxygen atoms in total. The van der Waals surface area contributed by atoms with Crippen LogP contribution in [0.3, 0.4) is 0 Å². The van der Waals surface area contributed by atoms with Crippen LogP contribution in [0, 0.1) is 6.92 Å². The molecule has 7 heteroatoms. The summed E-state index contributed by atoms with van der Waals surface area (Å²) >= 11 is 6.22. The number of aryl methyl sites for hydroxylation is 1. The van der Waals surface area contributed by atoms with E-state index in [-0.39, 0.29) is 11.8 Å². The minimum atomic E-state index is -0.470. The molecule has 2 heterocycles. The number of rotatable bonds is 5. The third kappa shape index (κ3) is 4.81. The Morgan fingerprint density at radius 1 is 1.00 bits per heavy atom. The first-order chi connectivity index (χ1) is 15.0. The van der Waals surface area contributed by atoms with Crippen LogP contribution in [0.4, 0.5) is 5.69 Å². The summed E-state index contributed by atoms with van der Waals surface area (Å²) in [5.74, 6) is 0.0821. The predicted octanol–water partition coefficient (Wildman–Crippen LogP) is 4.38. The van der Waals surface area contributed by atoms with Crippen LogP contribution in [0.15, 0.2) is 71.3 Å². The summed E-state index contributed by atoms with van der Waals surface area (Å²) in [6.07, 6.45) is 1.50. The van der Waals surface area contributed by atoms with Gasteiger partial charge >= 0.3 is 0 Å². The lowest BCUT2D eigenvalue weighted by atomic mass is 10.0. The van der Waals surface area contributed by atoms with Crippen molar-refractivity contribution >= 4 is 29.1 Å². The Morgan fingerprint density at radius 2 is 1.74 bits per heavy atom. The first-order valence-electron chi connectivity index (χ1n) is 10.2. The van der Waals surface area contributed by atoms with Gasteiger partial charge in [0, 0.05) is 36.9 Å². The van der Waals surface area contributed by atoms with E-state index in [1.807, 2.05) is 49.4 Å². The number of hydrogen-bond acceptors (Lipinski definition) is 4. The second-order valence-electron chi connectivity index (χ2n) is 7.57. The standard InChI is InChI=1S/C24H24ClN3O3/c1-17-9-10-19(16-20(17)25)26-23(29)22(18-6-3-2-4-7-18)27-11-13-28(14-12-27)24(30)21-8-5-15-31-21/h2-10,15-16,22H,11-14H2,1H3,(H,26,29)/t22-/m0/s1. The normalized spacial score (nSPS) is 15.5. The summed E-state index contributed by atoms with van der Waals surface area (Å²) in [6.45, 7) is 4.12. The summed E-state index contributed by atoms with van der Waals surface area (Å²) in [6, 6.07) is 18.1. The summed E-state index contributed by atoms with van der Waals surface area (Å²) in [5.41, 5.74) is 2.52. The number of halogens is 1. The van der Waals surface area contributed by atoms with Gasteiger partial charge in [-0.1, -0.05) is 48.0 Å². The molecule has 160 valence electrons. The fourth-order valence-electron chi connectivity index (χ4n) is 3.78. The van der Waals surface area contributed by atoms with E-state index in [0.29, 0.717) is 42.6 Å². The number of furan rings is 1. The summed E-state index contributed by atoms with van der Waals surface area (Å²) in [7, 11) is 0. The Morgan fingerprint density at radius 3 is 2.39 bits per heavy atom. The number of amides is 2. The lowest BCUT2D eigenvalue weighted by Crippen LogP contribution is -2.51. The quantitative estimate of drug-likeness (QED) is 0.643. The smallest absolute Gasteiger partial charge is 0.289 e. The van der Waals surface area contributed by atoms with Crippen molar-refractivity contribution in [1.82, 2.24) is 9.80 Å². The van der Waals surface area contributed by atoms with Crippen molar-refractivity contribution in [3.8, 4) is 0 Å². The SMILES string of the molecule is Cc1ccc(NC(=O)[C@H](c2ccccc2)N2CCN(C(=O)c3ccco3)CC2)cc1Cl. The third-order valence-electron chi connectivity index (χ3n) is 5.50. The molecule has 1 saturated heterocycles. The zero-order valence-electron chi connectivity index (χ0n) is 17.3. The molecule has 1 aromatic heterocycles. The van der Waals surface area contributed by atoms with Crippen LogP contribution in [0.2, 0.25) is 5.02 Å². The summed E-state index contributed by atoms with van der Waals surface area (Å²) < 4.78 is 5.24. The molecule has 2 aromatic carbocycles. The largest absolute Gasteiger partial charge is 0.459 e. The molecular formula is C24H24ClN3O3. The zero-order valence-corrected chi connectivity index (χ0v) is 18.0. The molecule has 1 fully saturated rings. The van der Waals surface area contributed by atoms with Gasteiger partial charge in [0.25, 0.3) is 5.91 Å². The van der Waals surface area contributed by atoms with Gasteiger partial charge in [-0.25, -0.2) is 0 Å². The molecule has 1 atom stereocenters. The van der Waals surface area contributed by atoms with Crippen LogP contribution in [0.1, 0.15) is 27.7 Å². The number of hydrogen-bond donors (Lipinski definition) is 1. The van der Waals surface area contributed by atoms with Crippen LogP contribution in [0.25, 0.3) is 0 Å². The molecule has 0 spiro atoms. The highest BCUT2D eigenvalue weighted by molar-refractivity contribution is 6.31. The molecule has 0 saturated carbocycles. The Kier molecular flexibility index (Phi) is 6.39. The van der Waals surface area contributed by atoms with Crippen LogP contribution >= 0.6 is 11.6 Å². The number of nitrogens with zero attached hydrogens (tertiary/aromatic N) is 2. The second kappa shape index (κ2) is 9.37. The molecule has 0 aliphatic carbocycles. The predicted molar refractivity (Wildman–Crippen MR) is 120 cm³/mol. The molecule has 4 rings (SSSR count). The zero-order chi connectivity index (χ0) is 21.8. The fraction of sp³-hybridized carbons (Fsp3) is 0.250. The molecule has 0 radical (unpaired) electrons. The van der Waals surface area contributed by atoms with Crippen molar-refractivity contribution in [2.75, 3.05) is 31.5 Å². The van der Waals surface area contributed by atoms with Crippen LogP contribution in [0.5, 0.6) is 0 Å². The first kappa shape index (κ1) is 21.2. The van der Waals surface area contributed by atoms with Crippen LogP contribution < -0.4 is 5.32 Å². The minimum absolute atomic E-state index is 0.125. The molecule has 1 aliphatic rings. The van der Waals surface area contributed by atoms with Gasteiger partial charge in [0.1, 0.15) is 6.04 Å². The van der Waals surface area contributed by atoms with E-state index >= 15 is 0 Å². The van der Waals surface area contributed by atoms with Crippen molar-refractivity contribution in [2.45, 2.75) is 13.0 Å². The van der Waals surface area contributed by atoms with E-state index < -0.39 is 6.04 Å². The maximum absolute atomic E-state index is 13.3. The summed E-state index contributed by atoms with van der Waals surface area (Å²) in [5, 5.41) is 3.61. The van der Waals surface area contributed by atoms with Crippen molar-refractivity contribution in [2.24, 2.45) is 0 Å². The van der Waals surface area contributed by atoms with Crippen molar-refractivity contribution in [3.63, 3.8) is 0 Å². The van der Waals surface area contributed by atoms with E-state index in [1.54, 1.807) is 23.1 Å². The molecule has 2 amide bonds. The highest BCUT2D eigenvalue weighted by Gasteiger charge is 2.32. The van der Waals surface area contributed by atoms with Gasteiger partial charge < -0.3 is 14.6 Å². The maximum atomic E-state index is 13.3. The van der Waals surface area contributed by atoms with Gasteiger partial charge in [-0.3, -0.25) is 14.5 Å². The highest BCUT2D eigenvalue weighted by atomic mass is 35.5. The highest BCUT2D eigenvalue weighted by Crippen LogP contribution is 2.26. The Bertz CT molecular complexity index is 1050. The average molecular weight is 438 g/mol. The molecule has 1 aliphatic heterocycles. The number of benzene rings is 2.